The van der Waals surface area contributed by atoms with Crippen molar-refractivity contribution in [1.82, 2.24) is 14.5 Å². The Balaban J connectivity index is 1.99. The lowest BCUT2D eigenvalue weighted by atomic mass is 10.3. The molecule has 3 heterocycles. The lowest BCUT2D eigenvalue weighted by Gasteiger charge is -2.09. The third-order valence-corrected chi connectivity index (χ3v) is 3.93. The number of hydrogen-bond donors (Lipinski definition) is 1. The monoisotopic (exact) mass is 300 g/mol. The first-order valence-corrected chi connectivity index (χ1v) is 7.79. The largest absolute Gasteiger partial charge is 0.369 e. The van der Waals surface area contributed by atoms with Gasteiger partial charge in [-0.1, -0.05) is 13.0 Å². The van der Waals surface area contributed by atoms with Crippen molar-refractivity contribution in [2.45, 2.75) is 19.9 Å². The predicted molar refractivity (Wildman–Crippen MR) is 86.0 cm³/mol. The topological polar surface area (TPSA) is 59.8 Å². The Morgan fingerprint density at radius 3 is 3.00 bits per heavy atom. The molecule has 6 heteroatoms. The smallest absolute Gasteiger partial charge is 0.250 e. The number of anilines is 1. The van der Waals surface area contributed by atoms with E-state index in [9.17, 15) is 4.79 Å². The van der Waals surface area contributed by atoms with Crippen LogP contribution in [-0.2, 0) is 6.54 Å². The first-order valence-electron chi connectivity index (χ1n) is 6.91. The molecule has 3 aromatic heterocycles. The number of aromatic nitrogens is 3. The normalized spacial score (nSPS) is 10.9. The summed E-state index contributed by atoms with van der Waals surface area (Å²) in [5.41, 5.74) is -0.0459. The summed E-state index contributed by atoms with van der Waals surface area (Å²) in [6.45, 7) is 3.37. The lowest BCUT2D eigenvalue weighted by Crippen LogP contribution is -2.19. The van der Waals surface area contributed by atoms with Crippen LogP contribution in [0.4, 0.5) is 5.82 Å². The molecule has 0 saturated heterocycles. The van der Waals surface area contributed by atoms with E-state index in [1.807, 2.05) is 17.5 Å². The molecule has 0 aliphatic heterocycles. The zero-order chi connectivity index (χ0) is 14.7. The minimum atomic E-state index is -0.0459. The molecule has 3 aromatic rings. The summed E-state index contributed by atoms with van der Waals surface area (Å²) in [6.07, 6.45) is 2.78. The van der Waals surface area contributed by atoms with Gasteiger partial charge in [0.15, 0.2) is 5.82 Å². The van der Waals surface area contributed by atoms with Crippen LogP contribution in [0, 0.1) is 0 Å². The van der Waals surface area contributed by atoms with Crippen LogP contribution < -0.4 is 10.9 Å². The molecular weight excluding hydrogens is 284 g/mol. The number of rotatable bonds is 5. The highest BCUT2D eigenvalue weighted by atomic mass is 32.1. The van der Waals surface area contributed by atoms with E-state index < -0.39 is 0 Å². The molecule has 0 atom stereocenters. The minimum absolute atomic E-state index is 0.0459. The Labute approximate surface area is 126 Å². The fourth-order valence-corrected chi connectivity index (χ4v) is 2.87. The number of pyridine rings is 1. The van der Waals surface area contributed by atoms with Crippen LogP contribution in [0.2, 0.25) is 0 Å². The lowest BCUT2D eigenvalue weighted by molar-refractivity contribution is 0.719. The number of fused-ring (bicyclic) bond motifs is 1. The van der Waals surface area contributed by atoms with Gasteiger partial charge in [0.25, 0.3) is 5.56 Å². The number of thiophene rings is 1. The van der Waals surface area contributed by atoms with Crippen LogP contribution >= 0.6 is 11.3 Å². The van der Waals surface area contributed by atoms with E-state index in [0.717, 1.165) is 29.0 Å². The van der Waals surface area contributed by atoms with Crippen molar-refractivity contribution >= 4 is 27.4 Å². The first kappa shape index (κ1) is 13.8. The van der Waals surface area contributed by atoms with Gasteiger partial charge in [-0.05, 0) is 23.9 Å². The molecule has 0 fully saturated rings. The summed E-state index contributed by atoms with van der Waals surface area (Å²) in [5, 5.41) is 6.38. The summed E-state index contributed by atoms with van der Waals surface area (Å²) in [6, 6.07) is 7.13. The van der Waals surface area contributed by atoms with Crippen LogP contribution in [0.3, 0.4) is 0 Å². The van der Waals surface area contributed by atoms with Crippen molar-refractivity contribution in [3.63, 3.8) is 0 Å². The Hall–Kier alpha value is -2.21. The van der Waals surface area contributed by atoms with Gasteiger partial charge in [0.1, 0.15) is 10.6 Å². The van der Waals surface area contributed by atoms with Gasteiger partial charge in [0.2, 0.25) is 0 Å². The van der Waals surface area contributed by atoms with E-state index in [2.05, 4.69) is 22.2 Å². The standard InChI is InChI=1S/C15H16N4OS/c1-2-7-16-14-11-6-9-21-15(11)18-12(17-14)10-19-8-4-3-5-13(19)20/h3-6,8-9H,2,7,10H2,1H3,(H,16,17,18). The molecule has 0 saturated carbocycles. The Morgan fingerprint density at radius 1 is 1.29 bits per heavy atom. The predicted octanol–water partition coefficient (Wildman–Crippen LogP) is 2.72. The van der Waals surface area contributed by atoms with Crippen LogP contribution in [0.1, 0.15) is 19.2 Å². The molecule has 0 bridgehead atoms. The first-order chi connectivity index (χ1) is 10.3. The van der Waals surface area contributed by atoms with Gasteiger partial charge < -0.3 is 9.88 Å². The second-order valence-electron chi connectivity index (χ2n) is 4.72. The SMILES string of the molecule is CCCNc1nc(Cn2ccccc2=O)nc2sccc12. The summed E-state index contributed by atoms with van der Waals surface area (Å²) in [4.78, 5) is 21.9. The quantitative estimate of drug-likeness (QED) is 0.787. The van der Waals surface area contributed by atoms with E-state index in [-0.39, 0.29) is 5.56 Å². The fraction of sp³-hybridized carbons (Fsp3) is 0.267. The molecule has 0 spiro atoms. The molecule has 1 N–H and O–H groups in total. The van der Waals surface area contributed by atoms with Crippen molar-refractivity contribution < 1.29 is 0 Å². The molecule has 0 amide bonds. The van der Waals surface area contributed by atoms with Gasteiger partial charge in [-0.15, -0.1) is 11.3 Å². The highest BCUT2D eigenvalue weighted by molar-refractivity contribution is 7.16. The highest BCUT2D eigenvalue weighted by Crippen LogP contribution is 2.25. The average molecular weight is 300 g/mol. The molecule has 5 nitrogen and oxygen atoms in total. The number of nitrogens with one attached hydrogen (secondary N) is 1. The van der Waals surface area contributed by atoms with Crippen LogP contribution in [0.15, 0.2) is 40.6 Å². The Kier molecular flexibility index (Phi) is 3.96. The van der Waals surface area contributed by atoms with Crippen molar-refractivity contribution in [3.05, 3.63) is 52.0 Å². The Bertz CT molecular complexity index is 809. The molecule has 0 radical (unpaired) electrons. The minimum Gasteiger partial charge on any atom is -0.369 e. The zero-order valence-corrected chi connectivity index (χ0v) is 12.6. The van der Waals surface area contributed by atoms with E-state index in [4.69, 9.17) is 0 Å². The molecule has 108 valence electrons. The van der Waals surface area contributed by atoms with E-state index in [0.29, 0.717) is 12.4 Å². The zero-order valence-electron chi connectivity index (χ0n) is 11.7. The molecule has 0 aliphatic carbocycles. The second kappa shape index (κ2) is 6.05. The van der Waals surface area contributed by atoms with Crippen molar-refractivity contribution in [2.24, 2.45) is 0 Å². The molecule has 21 heavy (non-hydrogen) atoms. The van der Waals surface area contributed by atoms with Gasteiger partial charge in [-0.2, -0.15) is 0 Å². The summed E-state index contributed by atoms with van der Waals surface area (Å²) in [7, 11) is 0. The molecule has 0 aliphatic rings. The van der Waals surface area contributed by atoms with Gasteiger partial charge in [-0.25, -0.2) is 9.97 Å². The molecular formula is C15H16N4OS. The number of nitrogens with zero attached hydrogens (tertiary/aromatic N) is 3. The summed E-state index contributed by atoms with van der Waals surface area (Å²) >= 11 is 1.59. The van der Waals surface area contributed by atoms with Crippen LogP contribution in [0.25, 0.3) is 10.2 Å². The van der Waals surface area contributed by atoms with Crippen molar-refractivity contribution in [3.8, 4) is 0 Å². The van der Waals surface area contributed by atoms with Gasteiger partial charge in [0, 0.05) is 18.8 Å². The number of hydrogen-bond acceptors (Lipinski definition) is 5. The summed E-state index contributed by atoms with van der Waals surface area (Å²) in [5.74, 6) is 1.50. The second-order valence-corrected chi connectivity index (χ2v) is 5.62. The fourth-order valence-electron chi connectivity index (χ4n) is 2.09. The molecule has 0 unspecified atom stereocenters. The molecule has 0 aromatic carbocycles. The third-order valence-electron chi connectivity index (χ3n) is 3.12. The van der Waals surface area contributed by atoms with Crippen molar-refractivity contribution in [2.75, 3.05) is 11.9 Å². The highest BCUT2D eigenvalue weighted by Gasteiger charge is 2.09. The molecule has 3 rings (SSSR count). The van der Waals surface area contributed by atoms with Gasteiger partial charge in [-0.3, -0.25) is 4.79 Å². The van der Waals surface area contributed by atoms with E-state index >= 15 is 0 Å². The van der Waals surface area contributed by atoms with Gasteiger partial charge in [0.05, 0.1) is 11.9 Å². The average Bonchev–Trinajstić information content (AvgIpc) is 2.95. The van der Waals surface area contributed by atoms with Gasteiger partial charge >= 0.3 is 0 Å². The Morgan fingerprint density at radius 2 is 2.19 bits per heavy atom. The maximum Gasteiger partial charge on any atom is 0.250 e. The van der Waals surface area contributed by atoms with Crippen molar-refractivity contribution in [1.29, 1.82) is 0 Å². The van der Waals surface area contributed by atoms with Crippen LogP contribution in [0.5, 0.6) is 0 Å². The maximum atomic E-state index is 11.8. The maximum absolute atomic E-state index is 11.8. The summed E-state index contributed by atoms with van der Waals surface area (Å²) < 4.78 is 1.61. The third kappa shape index (κ3) is 2.95. The van der Waals surface area contributed by atoms with Crippen LogP contribution in [-0.4, -0.2) is 21.1 Å². The van der Waals surface area contributed by atoms with E-state index in [1.54, 1.807) is 34.2 Å². The van der Waals surface area contributed by atoms with E-state index in [1.165, 1.54) is 0 Å².